The van der Waals surface area contributed by atoms with Crippen molar-refractivity contribution in [3.63, 3.8) is 0 Å². The highest BCUT2D eigenvalue weighted by molar-refractivity contribution is 6.65. The van der Waals surface area contributed by atoms with Crippen molar-refractivity contribution in [3.8, 4) is 0 Å². The fourth-order valence-corrected chi connectivity index (χ4v) is 5.51. The third-order valence-corrected chi connectivity index (χ3v) is 6.57. The van der Waals surface area contributed by atoms with Gasteiger partial charge >= 0.3 is 8.80 Å². The maximum atomic E-state index is 11.3. The second kappa shape index (κ2) is 6.78. The van der Waals surface area contributed by atoms with Crippen LogP contribution < -0.4 is 0 Å². The van der Waals surface area contributed by atoms with Gasteiger partial charge in [0.25, 0.3) is 17.9 Å². The highest BCUT2D eigenvalue weighted by atomic mass is 28.4. The van der Waals surface area contributed by atoms with Crippen molar-refractivity contribution in [3.05, 3.63) is 0 Å². The predicted octanol–water partition coefficient (Wildman–Crippen LogP) is 1.57. The van der Waals surface area contributed by atoms with E-state index in [0.29, 0.717) is 24.5 Å². The van der Waals surface area contributed by atoms with E-state index < -0.39 is 26.7 Å². The van der Waals surface area contributed by atoms with Gasteiger partial charge in [0, 0.05) is 20.8 Å². The molecule has 1 saturated heterocycles. The SMILES string of the molecule is CC(=O)O[Si](CCC1CCC2OC2C1)(OC(C)=O)OC(C)=O. The first-order valence-corrected chi connectivity index (χ1v) is 9.47. The zero-order valence-corrected chi connectivity index (χ0v) is 14.1. The first-order valence-electron chi connectivity index (χ1n) is 7.54. The number of fused-ring (bicyclic) bond motifs is 1. The summed E-state index contributed by atoms with van der Waals surface area (Å²) in [6.07, 6.45) is 4.42. The normalized spacial score (nSPS) is 26.6. The minimum absolute atomic E-state index is 0.258. The average Bonchev–Trinajstić information content (AvgIpc) is 3.12. The van der Waals surface area contributed by atoms with E-state index in [1.807, 2.05) is 0 Å². The third-order valence-electron chi connectivity index (χ3n) is 3.87. The maximum Gasteiger partial charge on any atom is 0.705 e. The first kappa shape index (κ1) is 16.9. The molecule has 8 heteroatoms. The summed E-state index contributed by atoms with van der Waals surface area (Å²) in [6, 6.07) is 0.258. The number of carbonyl (C=O) groups excluding carboxylic acids is 3. The Morgan fingerprint density at radius 3 is 1.95 bits per heavy atom. The molecule has 7 nitrogen and oxygen atoms in total. The van der Waals surface area contributed by atoms with Gasteiger partial charge in [0.15, 0.2) is 0 Å². The molecule has 0 bridgehead atoms. The molecule has 124 valence electrons. The fourth-order valence-electron chi connectivity index (χ4n) is 3.00. The summed E-state index contributed by atoms with van der Waals surface area (Å²) in [4.78, 5) is 34.0. The van der Waals surface area contributed by atoms with Crippen molar-refractivity contribution in [1.29, 1.82) is 0 Å². The van der Waals surface area contributed by atoms with Crippen molar-refractivity contribution in [2.45, 2.75) is 64.7 Å². The summed E-state index contributed by atoms with van der Waals surface area (Å²) >= 11 is 0. The number of ether oxygens (including phenoxy) is 1. The maximum absolute atomic E-state index is 11.3. The van der Waals surface area contributed by atoms with Gasteiger partial charge in [-0.1, -0.05) is 0 Å². The van der Waals surface area contributed by atoms with Gasteiger partial charge in [-0.25, -0.2) is 0 Å². The number of hydrogen-bond acceptors (Lipinski definition) is 7. The standard InChI is InChI=1S/C14H22O7Si/c1-9(15)19-22(20-10(2)16,21-11(3)17)7-6-12-4-5-13-14(8-12)18-13/h12-14H,4-8H2,1-3H3. The molecule has 3 unspecified atom stereocenters. The highest BCUT2D eigenvalue weighted by Crippen LogP contribution is 2.41. The van der Waals surface area contributed by atoms with Crippen molar-refractivity contribution < 1.29 is 32.4 Å². The van der Waals surface area contributed by atoms with E-state index in [1.165, 1.54) is 20.8 Å². The minimum Gasteiger partial charge on any atom is -0.455 e. The lowest BCUT2D eigenvalue weighted by Crippen LogP contribution is -2.49. The largest absolute Gasteiger partial charge is 0.705 e. The lowest BCUT2D eigenvalue weighted by atomic mass is 9.88. The molecule has 2 aliphatic rings. The molecular formula is C14H22O7Si. The Morgan fingerprint density at radius 1 is 0.955 bits per heavy atom. The van der Waals surface area contributed by atoms with Crippen LogP contribution in [0.3, 0.4) is 0 Å². The van der Waals surface area contributed by atoms with E-state index in [0.717, 1.165) is 19.3 Å². The third kappa shape index (κ3) is 4.81. The van der Waals surface area contributed by atoms with Crippen LogP contribution in [0.2, 0.25) is 6.04 Å². The molecule has 0 aromatic heterocycles. The van der Waals surface area contributed by atoms with Gasteiger partial charge in [-0.15, -0.1) is 0 Å². The van der Waals surface area contributed by atoms with E-state index >= 15 is 0 Å². The van der Waals surface area contributed by atoms with Crippen molar-refractivity contribution in [2.75, 3.05) is 0 Å². The van der Waals surface area contributed by atoms with Gasteiger partial charge in [0.1, 0.15) is 0 Å². The Morgan fingerprint density at radius 2 is 1.50 bits per heavy atom. The van der Waals surface area contributed by atoms with Crippen LogP contribution in [0.25, 0.3) is 0 Å². The van der Waals surface area contributed by atoms with Gasteiger partial charge in [0.05, 0.1) is 18.3 Å². The van der Waals surface area contributed by atoms with E-state index in [-0.39, 0.29) is 6.04 Å². The van der Waals surface area contributed by atoms with Crippen LogP contribution in [0.5, 0.6) is 0 Å². The predicted molar refractivity (Wildman–Crippen MR) is 76.5 cm³/mol. The molecule has 2 rings (SSSR count). The molecule has 1 heterocycles. The van der Waals surface area contributed by atoms with Gasteiger partial charge in [-0.05, 0) is 31.6 Å². The Bertz CT molecular complexity index is 423. The molecule has 2 fully saturated rings. The topological polar surface area (TPSA) is 91.4 Å². The number of epoxide rings is 1. The second-order valence-electron chi connectivity index (χ2n) is 5.89. The summed E-state index contributed by atoms with van der Waals surface area (Å²) in [5.74, 6) is -1.47. The van der Waals surface area contributed by atoms with Crippen molar-refractivity contribution >= 4 is 26.7 Å². The molecule has 0 radical (unpaired) electrons. The minimum atomic E-state index is -3.67. The van der Waals surface area contributed by atoms with E-state index in [2.05, 4.69) is 0 Å². The quantitative estimate of drug-likeness (QED) is 0.539. The number of carbonyl (C=O) groups is 3. The summed E-state index contributed by atoms with van der Waals surface area (Å²) in [6.45, 7) is 3.62. The van der Waals surface area contributed by atoms with Gasteiger partial charge in [0.2, 0.25) is 0 Å². The van der Waals surface area contributed by atoms with E-state index in [4.69, 9.17) is 18.0 Å². The number of rotatable bonds is 6. The Hall–Kier alpha value is -1.41. The van der Waals surface area contributed by atoms with Gasteiger partial charge < -0.3 is 18.0 Å². The van der Waals surface area contributed by atoms with Gasteiger partial charge in [-0.3, -0.25) is 14.4 Å². The van der Waals surface area contributed by atoms with Crippen LogP contribution in [0.4, 0.5) is 0 Å². The molecule has 22 heavy (non-hydrogen) atoms. The smallest absolute Gasteiger partial charge is 0.455 e. The monoisotopic (exact) mass is 330 g/mol. The van der Waals surface area contributed by atoms with Crippen LogP contribution in [0.15, 0.2) is 0 Å². The van der Waals surface area contributed by atoms with Crippen molar-refractivity contribution in [2.24, 2.45) is 5.92 Å². The molecule has 0 aromatic carbocycles. The van der Waals surface area contributed by atoms with Crippen LogP contribution in [0.1, 0.15) is 46.5 Å². The average molecular weight is 330 g/mol. The highest BCUT2D eigenvalue weighted by Gasteiger charge is 2.52. The zero-order chi connectivity index (χ0) is 16.3. The lowest BCUT2D eigenvalue weighted by Gasteiger charge is -2.28. The Balaban J connectivity index is 2.01. The molecular weight excluding hydrogens is 308 g/mol. The van der Waals surface area contributed by atoms with Crippen LogP contribution in [-0.4, -0.2) is 38.9 Å². The van der Waals surface area contributed by atoms with Crippen LogP contribution in [-0.2, 0) is 32.4 Å². The van der Waals surface area contributed by atoms with Crippen LogP contribution >= 0.6 is 0 Å². The van der Waals surface area contributed by atoms with E-state index in [1.54, 1.807) is 0 Å². The molecule has 3 atom stereocenters. The summed E-state index contributed by atoms with van der Waals surface area (Å²) in [5, 5.41) is 0. The molecule has 0 aromatic rings. The van der Waals surface area contributed by atoms with Crippen LogP contribution in [0, 0.1) is 5.92 Å². The Kier molecular flexibility index (Phi) is 5.22. The molecule has 1 aliphatic carbocycles. The molecule has 0 N–H and O–H groups in total. The Labute approximate surface area is 130 Å². The number of hydrogen-bond donors (Lipinski definition) is 0. The first-order chi connectivity index (χ1) is 10.3. The summed E-state index contributed by atoms with van der Waals surface area (Å²) in [5.41, 5.74) is 0. The van der Waals surface area contributed by atoms with Crippen molar-refractivity contribution in [1.82, 2.24) is 0 Å². The lowest BCUT2D eigenvalue weighted by molar-refractivity contribution is -0.147. The second-order valence-corrected chi connectivity index (χ2v) is 8.37. The summed E-state index contributed by atoms with van der Waals surface area (Å²) in [7, 11) is -3.67. The van der Waals surface area contributed by atoms with E-state index in [9.17, 15) is 14.4 Å². The summed E-state index contributed by atoms with van der Waals surface area (Å²) < 4.78 is 21.0. The molecule has 1 aliphatic heterocycles. The molecule has 1 saturated carbocycles. The molecule has 0 amide bonds. The zero-order valence-electron chi connectivity index (χ0n) is 13.1. The molecule has 0 spiro atoms. The fraction of sp³-hybridized carbons (Fsp3) is 0.786. The van der Waals surface area contributed by atoms with Gasteiger partial charge in [-0.2, -0.15) is 0 Å².